The molecule has 1 unspecified atom stereocenters. The molecule has 1 atom stereocenters. The third kappa shape index (κ3) is 4.73. The molecule has 0 bridgehead atoms. The first-order valence-corrected chi connectivity index (χ1v) is 10.3. The van der Waals surface area contributed by atoms with Gasteiger partial charge < -0.3 is 19.6 Å². The molecule has 0 saturated carbocycles. The van der Waals surface area contributed by atoms with Crippen molar-refractivity contribution in [3.05, 3.63) is 70.0 Å². The van der Waals surface area contributed by atoms with E-state index in [-0.39, 0.29) is 16.2 Å². The smallest absolute Gasteiger partial charge is 0.295 e. The lowest BCUT2D eigenvalue weighted by atomic mass is 9.95. The minimum absolute atomic E-state index is 0.157. The standard InChI is InChI=1S/C23H24ClFN2O4/c1-26(2)11-4-12-27-20(14-5-8-16(25)9-6-14)19(22(29)23(27)30)21(28)15-7-10-18(31-3)17(24)13-15/h5-10,13,20,28H,4,11-12H2,1-3H3. The summed E-state index contributed by atoms with van der Waals surface area (Å²) in [5, 5.41) is 13.5. The average molecular weight is 447 g/mol. The first kappa shape index (κ1) is 22.8. The molecule has 1 N–H and O–H groups in total. The van der Waals surface area contributed by atoms with Crippen LogP contribution in [0.25, 0.3) is 5.76 Å². The molecule has 1 heterocycles. The summed E-state index contributed by atoms with van der Waals surface area (Å²) in [6.45, 7) is 1.09. The Bertz CT molecular complexity index is 1020. The molecule has 6 nitrogen and oxygen atoms in total. The maximum absolute atomic E-state index is 13.5. The molecule has 0 aliphatic carbocycles. The zero-order valence-electron chi connectivity index (χ0n) is 17.6. The number of likely N-dealkylation sites (tertiary alicyclic amines) is 1. The van der Waals surface area contributed by atoms with Crippen molar-refractivity contribution in [2.45, 2.75) is 12.5 Å². The van der Waals surface area contributed by atoms with E-state index in [0.717, 1.165) is 6.54 Å². The topological polar surface area (TPSA) is 74.1 Å². The van der Waals surface area contributed by atoms with Crippen molar-refractivity contribution in [1.82, 2.24) is 4.90 Å². The second-order valence-corrected chi connectivity index (χ2v) is 8.09. The van der Waals surface area contributed by atoms with E-state index in [1.54, 1.807) is 0 Å². The highest BCUT2D eigenvalue weighted by Gasteiger charge is 2.43. The second-order valence-electron chi connectivity index (χ2n) is 7.68. The van der Waals surface area contributed by atoms with Gasteiger partial charge in [0.05, 0.1) is 38.8 Å². The summed E-state index contributed by atoms with van der Waals surface area (Å²) in [5.41, 5.74) is 0.518. The highest BCUT2D eigenvalue weighted by molar-refractivity contribution is 6.46. The van der Waals surface area contributed by atoms with Crippen LogP contribution < -0.4 is 14.7 Å². The quantitative estimate of drug-likeness (QED) is 0.394. The Morgan fingerprint density at radius 2 is 1.87 bits per heavy atom. The summed E-state index contributed by atoms with van der Waals surface area (Å²) in [6.07, 6.45) is 0.648. The third-order valence-corrected chi connectivity index (χ3v) is 5.50. The van der Waals surface area contributed by atoms with Crippen molar-refractivity contribution in [3.8, 4) is 5.75 Å². The van der Waals surface area contributed by atoms with Crippen molar-refractivity contribution in [2.24, 2.45) is 0 Å². The van der Waals surface area contributed by atoms with Gasteiger partial charge in [0.25, 0.3) is 5.91 Å². The Hall–Kier alpha value is -2.90. The molecule has 31 heavy (non-hydrogen) atoms. The van der Waals surface area contributed by atoms with Crippen molar-refractivity contribution >= 4 is 29.1 Å². The number of halogens is 2. The fourth-order valence-corrected chi connectivity index (χ4v) is 3.92. The second kappa shape index (κ2) is 9.49. The number of ketones is 1. The van der Waals surface area contributed by atoms with Gasteiger partial charge >= 0.3 is 0 Å². The third-order valence-electron chi connectivity index (χ3n) is 5.20. The Labute approximate surface area is 185 Å². The van der Waals surface area contributed by atoms with Gasteiger partial charge in [-0.25, -0.2) is 4.39 Å². The lowest BCUT2D eigenvalue weighted by Crippen LogP contribution is -3.05. The van der Waals surface area contributed by atoms with Crippen LogP contribution in [0.3, 0.4) is 0 Å². The van der Waals surface area contributed by atoms with E-state index in [9.17, 15) is 19.1 Å². The van der Waals surface area contributed by atoms with Crippen molar-refractivity contribution in [2.75, 3.05) is 34.3 Å². The summed E-state index contributed by atoms with van der Waals surface area (Å²) in [5.74, 6) is -2.22. The van der Waals surface area contributed by atoms with E-state index in [1.807, 2.05) is 14.1 Å². The molecule has 3 rings (SSSR count). The number of carbonyl (C=O) groups is 2. The number of Topliss-reactive ketones (excluding diaryl/α,β-unsaturated/α-hetero) is 1. The Kier molecular flexibility index (Phi) is 6.97. The minimum Gasteiger partial charge on any atom is -0.872 e. The normalized spacial score (nSPS) is 18.1. The molecule has 1 fully saturated rings. The first-order valence-electron chi connectivity index (χ1n) is 9.89. The lowest BCUT2D eigenvalue weighted by Gasteiger charge is -2.27. The lowest BCUT2D eigenvalue weighted by molar-refractivity contribution is -0.858. The number of ether oxygens (including phenoxy) is 1. The van der Waals surface area contributed by atoms with Gasteiger partial charge in [0.15, 0.2) is 0 Å². The Morgan fingerprint density at radius 3 is 2.45 bits per heavy atom. The summed E-state index contributed by atoms with van der Waals surface area (Å²) >= 11 is 6.15. The molecular weight excluding hydrogens is 423 g/mol. The number of nitrogens with one attached hydrogen (secondary N) is 1. The van der Waals surface area contributed by atoms with E-state index in [2.05, 4.69) is 0 Å². The van der Waals surface area contributed by atoms with Gasteiger partial charge in [-0.3, -0.25) is 9.59 Å². The predicted octanol–water partition coefficient (Wildman–Crippen LogP) is 1.25. The van der Waals surface area contributed by atoms with Gasteiger partial charge in [0, 0.05) is 18.5 Å². The van der Waals surface area contributed by atoms with Crippen molar-refractivity contribution < 1.29 is 28.7 Å². The Balaban J connectivity index is 2.10. The summed E-state index contributed by atoms with van der Waals surface area (Å²) < 4.78 is 18.6. The number of hydrogen-bond acceptors (Lipinski definition) is 4. The van der Waals surface area contributed by atoms with E-state index in [4.69, 9.17) is 16.3 Å². The summed E-state index contributed by atoms with van der Waals surface area (Å²) in [4.78, 5) is 28.3. The van der Waals surface area contributed by atoms with Gasteiger partial charge in [-0.2, -0.15) is 0 Å². The van der Waals surface area contributed by atoms with Gasteiger partial charge in [-0.1, -0.05) is 35.6 Å². The number of benzene rings is 2. The molecule has 1 aliphatic heterocycles. The number of amides is 1. The van der Waals surface area contributed by atoms with Gasteiger partial charge in [0.1, 0.15) is 11.6 Å². The van der Waals surface area contributed by atoms with Gasteiger partial charge in [-0.15, -0.1) is 0 Å². The van der Waals surface area contributed by atoms with E-state index in [1.165, 1.54) is 59.4 Å². The highest BCUT2D eigenvalue weighted by atomic mass is 35.5. The highest BCUT2D eigenvalue weighted by Crippen LogP contribution is 2.39. The monoisotopic (exact) mass is 446 g/mol. The van der Waals surface area contributed by atoms with Crippen molar-refractivity contribution in [3.63, 3.8) is 0 Å². The number of nitrogens with zero attached hydrogens (tertiary/aromatic N) is 1. The first-order chi connectivity index (χ1) is 14.7. The minimum atomic E-state index is -0.883. The molecule has 8 heteroatoms. The molecule has 164 valence electrons. The van der Waals surface area contributed by atoms with E-state index >= 15 is 0 Å². The number of methoxy groups -OCH3 is 1. The van der Waals surface area contributed by atoms with Gasteiger partial charge in [0.2, 0.25) is 5.78 Å². The zero-order valence-corrected chi connectivity index (χ0v) is 18.3. The number of quaternary nitrogens is 1. The fraction of sp³-hybridized carbons (Fsp3) is 0.304. The molecular formula is C23H24ClFN2O4. The molecule has 2 aromatic rings. The SMILES string of the molecule is COc1ccc(C([O-])=C2C(=O)C(=O)N(CCC[NH+](C)C)C2c2ccc(F)cc2)cc1Cl. The predicted molar refractivity (Wildman–Crippen MR) is 113 cm³/mol. The van der Waals surface area contributed by atoms with E-state index in [0.29, 0.717) is 24.3 Å². The molecule has 1 amide bonds. The van der Waals surface area contributed by atoms with Gasteiger partial charge in [-0.05, 0) is 35.4 Å². The van der Waals surface area contributed by atoms with Crippen LogP contribution in [0.2, 0.25) is 5.02 Å². The zero-order chi connectivity index (χ0) is 22.7. The molecule has 0 spiro atoms. The maximum Gasteiger partial charge on any atom is 0.295 e. The van der Waals surface area contributed by atoms with Crippen molar-refractivity contribution in [1.29, 1.82) is 0 Å². The average Bonchev–Trinajstić information content (AvgIpc) is 2.98. The van der Waals surface area contributed by atoms with Crippen LogP contribution >= 0.6 is 11.6 Å². The summed E-state index contributed by atoms with van der Waals surface area (Å²) in [7, 11) is 5.43. The van der Waals surface area contributed by atoms with Crippen LogP contribution in [-0.2, 0) is 9.59 Å². The van der Waals surface area contributed by atoms with Crippen LogP contribution in [0, 0.1) is 5.82 Å². The number of rotatable bonds is 7. The maximum atomic E-state index is 13.5. The number of hydrogen-bond donors (Lipinski definition) is 1. The molecule has 0 radical (unpaired) electrons. The largest absolute Gasteiger partial charge is 0.872 e. The Morgan fingerprint density at radius 1 is 1.19 bits per heavy atom. The van der Waals surface area contributed by atoms with Crippen LogP contribution in [0.1, 0.15) is 23.6 Å². The van der Waals surface area contributed by atoms with Crippen LogP contribution in [0.15, 0.2) is 48.0 Å². The van der Waals surface area contributed by atoms with E-state index < -0.39 is 29.3 Å². The van der Waals surface area contributed by atoms with Crippen LogP contribution in [0.5, 0.6) is 5.75 Å². The summed E-state index contributed by atoms with van der Waals surface area (Å²) in [6, 6.07) is 9.03. The van der Waals surface area contributed by atoms with Crippen LogP contribution in [-0.4, -0.2) is 50.9 Å². The molecule has 1 saturated heterocycles. The molecule has 0 aromatic heterocycles. The number of carbonyl (C=O) groups excluding carboxylic acids is 2. The fourth-order valence-electron chi connectivity index (χ4n) is 3.66. The molecule has 1 aliphatic rings. The molecule has 2 aromatic carbocycles. The van der Waals surface area contributed by atoms with Crippen LogP contribution in [0.4, 0.5) is 4.39 Å².